The topological polar surface area (TPSA) is 43.1 Å². The van der Waals surface area contributed by atoms with E-state index in [9.17, 15) is 4.79 Å². The van der Waals surface area contributed by atoms with Gasteiger partial charge < -0.3 is 5.73 Å². The summed E-state index contributed by atoms with van der Waals surface area (Å²) in [5, 5.41) is 0. The number of ketones is 1. The van der Waals surface area contributed by atoms with Gasteiger partial charge in [-0.15, -0.1) is 0 Å². The molecule has 1 rings (SSSR count). The van der Waals surface area contributed by atoms with E-state index in [1.165, 1.54) is 0 Å². The Labute approximate surface area is 80.9 Å². The van der Waals surface area contributed by atoms with Gasteiger partial charge in [-0.1, -0.05) is 13.8 Å². The minimum atomic E-state index is 0.404. The third-order valence-electron chi connectivity index (χ3n) is 2.66. The van der Waals surface area contributed by atoms with Crippen LogP contribution in [0, 0.1) is 17.8 Å². The molecule has 2 nitrogen and oxygen atoms in total. The first kappa shape index (κ1) is 10.7. The number of rotatable bonds is 6. The van der Waals surface area contributed by atoms with Crippen molar-refractivity contribution in [3.63, 3.8) is 0 Å². The van der Waals surface area contributed by atoms with Crippen LogP contribution in [0.4, 0.5) is 0 Å². The van der Waals surface area contributed by atoms with Crippen molar-refractivity contribution >= 4 is 5.78 Å². The fourth-order valence-corrected chi connectivity index (χ4v) is 1.79. The molecule has 1 unspecified atom stereocenters. The van der Waals surface area contributed by atoms with Crippen molar-refractivity contribution in [2.75, 3.05) is 6.54 Å². The van der Waals surface area contributed by atoms with E-state index in [0.29, 0.717) is 30.1 Å². The van der Waals surface area contributed by atoms with Crippen molar-refractivity contribution in [3.05, 3.63) is 0 Å². The van der Waals surface area contributed by atoms with Gasteiger partial charge >= 0.3 is 0 Å². The van der Waals surface area contributed by atoms with Crippen molar-refractivity contribution < 1.29 is 4.79 Å². The number of nitrogens with two attached hydrogens (primary N) is 1. The van der Waals surface area contributed by atoms with Gasteiger partial charge in [-0.25, -0.2) is 0 Å². The summed E-state index contributed by atoms with van der Waals surface area (Å²) >= 11 is 0. The van der Waals surface area contributed by atoms with Crippen LogP contribution >= 0.6 is 0 Å². The van der Waals surface area contributed by atoms with Crippen LogP contribution in [0.2, 0.25) is 0 Å². The first-order valence-electron chi connectivity index (χ1n) is 5.36. The van der Waals surface area contributed by atoms with E-state index in [-0.39, 0.29) is 0 Å². The van der Waals surface area contributed by atoms with Crippen LogP contribution in [0.1, 0.15) is 39.5 Å². The van der Waals surface area contributed by atoms with Gasteiger partial charge in [0.1, 0.15) is 5.78 Å². The average Bonchev–Trinajstić information content (AvgIpc) is 2.84. The van der Waals surface area contributed by atoms with Crippen LogP contribution in [0.5, 0.6) is 0 Å². The number of carbonyl (C=O) groups is 1. The highest BCUT2D eigenvalue weighted by Crippen LogP contribution is 2.32. The van der Waals surface area contributed by atoms with Crippen LogP contribution in [0.15, 0.2) is 0 Å². The number of carbonyl (C=O) groups excluding carboxylic acids is 1. The van der Waals surface area contributed by atoms with Crippen LogP contribution in [0.3, 0.4) is 0 Å². The molecular formula is C11H21NO. The maximum Gasteiger partial charge on any atom is 0.136 e. The standard InChI is InChI=1S/C11H21NO/c1-8(2)5-9(7-12)6-11(13)10-3-4-10/h8-10H,3-7,12H2,1-2H3. The quantitative estimate of drug-likeness (QED) is 0.684. The molecule has 13 heavy (non-hydrogen) atoms. The first-order valence-corrected chi connectivity index (χ1v) is 5.36. The monoisotopic (exact) mass is 183 g/mol. The summed E-state index contributed by atoms with van der Waals surface area (Å²) in [7, 11) is 0. The third-order valence-corrected chi connectivity index (χ3v) is 2.66. The molecule has 0 amide bonds. The van der Waals surface area contributed by atoms with Gasteiger partial charge in [0, 0.05) is 12.3 Å². The van der Waals surface area contributed by atoms with Gasteiger partial charge in [-0.05, 0) is 37.6 Å². The van der Waals surface area contributed by atoms with Crippen molar-refractivity contribution in [1.29, 1.82) is 0 Å². The molecule has 1 aliphatic carbocycles. The van der Waals surface area contributed by atoms with E-state index >= 15 is 0 Å². The van der Waals surface area contributed by atoms with Crippen molar-refractivity contribution in [2.45, 2.75) is 39.5 Å². The van der Waals surface area contributed by atoms with Crippen molar-refractivity contribution in [3.8, 4) is 0 Å². The summed E-state index contributed by atoms with van der Waals surface area (Å²) in [5.41, 5.74) is 5.64. The van der Waals surface area contributed by atoms with Crippen LogP contribution in [0.25, 0.3) is 0 Å². The Balaban J connectivity index is 2.25. The summed E-state index contributed by atoms with van der Waals surface area (Å²) in [6, 6.07) is 0. The average molecular weight is 183 g/mol. The molecule has 2 N–H and O–H groups in total. The summed E-state index contributed by atoms with van der Waals surface area (Å²) in [6.07, 6.45) is 4.06. The molecule has 1 fully saturated rings. The Bertz CT molecular complexity index is 173. The largest absolute Gasteiger partial charge is 0.330 e. The highest BCUT2D eigenvalue weighted by molar-refractivity contribution is 5.83. The van der Waals surface area contributed by atoms with E-state index in [4.69, 9.17) is 5.73 Å². The Morgan fingerprint density at radius 1 is 1.46 bits per heavy atom. The fourth-order valence-electron chi connectivity index (χ4n) is 1.79. The normalized spacial score (nSPS) is 19.1. The molecule has 0 radical (unpaired) electrons. The maximum absolute atomic E-state index is 11.5. The fraction of sp³-hybridized carbons (Fsp3) is 0.909. The first-order chi connectivity index (χ1) is 6.13. The van der Waals surface area contributed by atoms with Gasteiger partial charge in [-0.2, -0.15) is 0 Å². The second-order valence-corrected chi connectivity index (χ2v) is 4.68. The molecule has 0 saturated heterocycles. The van der Waals surface area contributed by atoms with Crippen molar-refractivity contribution in [2.24, 2.45) is 23.5 Å². The second kappa shape index (κ2) is 4.75. The van der Waals surface area contributed by atoms with E-state index in [2.05, 4.69) is 13.8 Å². The smallest absolute Gasteiger partial charge is 0.136 e. The van der Waals surface area contributed by atoms with Crippen LogP contribution in [-0.4, -0.2) is 12.3 Å². The molecule has 0 aromatic rings. The lowest BCUT2D eigenvalue weighted by atomic mass is 9.91. The minimum Gasteiger partial charge on any atom is -0.330 e. The zero-order valence-electron chi connectivity index (χ0n) is 8.75. The zero-order valence-corrected chi connectivity index (χ0v) is 8.75. The molecular weight excluding hydrogens is 162 g/mol. The van der Waals surface area contributed by atoms with Gasteiger partial charge in [-0.3, -0.25) is 4.79 Å². The Kier molecular flexibility index (Phi) is 3.91. The summed E-state index contributed by atoms with van der Waals surface area (Å²) in [5.74, 6) is 1.94. The molecule has 1 saturated carbocycles. The summed E-state index contributed by atoms with van der Waals surface area (Å²) in [6.45, 7) is 5.03. The Morgan fingerprint density at radius 2 is 2.08 bits per heavy atom. The van der Waals surface area contributed by atoms with E-state index in [1.54, 1.807) is 0 Å². The van der Waals surface area contributed by atoms with Gasteiger partial charge in [0.15, 0.2) is 0 Å². The lowest BCUT2D eigenvalue weighted by molar-refractivity contribution is -0.121. The molecule has 0 bridgehead atoms. The molecule has 0 aliphatic heterocycles. The lowest BCUT2D eigenvalue weighted by Gasteiger charge is -2.15. The molecule has 0 spiro atoms. The van der Waals surface area contributed by atoms with E-state index in [0.717, 1.165) is 25.7 Å². The zero-order chi connectivity index (χ0) is 9.84. The molecule has 1 aliphatic rings. The third kappa shape index (κ3) is 3.90. The predicted molar refractivity (Wildman–Crippen MR) is 54.3 cm³/mol. The minimum absolute atomic E-state index is 0.404. The Morgan fingerprint density at radius 3 is 2.46 bits per heavy atom. The molecule has 2 heteroatoms. The molecule has 0 aromatic heterocycles. The Hall–Kier alpha value is -0.370. The molecule has 0 heterocycles. The number of Topliss-reactive ketones (excluding diaryl/α,β-unsaturated/α-hetero) is 1. The van der Waals surface area contributed by atoms with E-state index < -0.39 is 0 Å². The SMILES string of the molecule is CC(C)CC(CN)CC(=O)C1CC1. The van der Waals surface area contributed by atoms with E-state index in [1.807, 2.05) is 0 Å². The maximum atomic E-state index is 11.5. The highest BCUT2D eigenvalue weighted by atomic mass is 16.1. The lowest BCUT2D eigenvalue weighted by Crippen LogP contribution is -2.20. The van der Waals surface area contributed by atoms with Crippen molar-refractivity contribution in [1.82, 2.24) is 0 Å². The summed E-state index contributed by atoms with van der Waals surface area (Å²) in [4.78, 5) is 11.5. The molecule has 1 atom stereocenters. The van der Waals surface area contributed by atoms with Crippen LogP contribution in [-0.2, 0) is 4.79 Å². The number of hydrogen-bond acceptors (Lipinski definition) is 2. The molecule has 0 aromatic carbocycles. The highest BCUT2D eigenvalue weighted by Gasteiger charge is 2.30. The summed E-state index contributed by atoms with van der Waals surface area (Å²) < 4.78 is 0. The van der Waals surface area contributed by atoms with Gasteiger partial charge in [0.25, 0.3) is 0 Å². The predicted octanol–water partition coefficient (Wildman–Crippen LogP) is 1.98. The van der Waals surface area contributed by atoms with Gasteiger partial charge in [0.05, 0.1) is 0 Å². The van der Waals surface area contributed by atoms with Crippen LogP contribution < -0.4 is 5.73 Å². The molecule has 76 valence electrons. The second-order valence-electron chi connectivity index (χ2n) is 4.68. The van der Waals surface area contributed by atoms with Gasteiger partial charge in [0.2, 0.25) is 0 Å². The number of hydrogen-bond donors (Lipinski definition) is 1.